The number of rotatable bonds is 5. The van der Waals surface area contributed by atoms with Crippen LogP contribution in [0, 0.1) is 0 Å². The molecule has 0 bridgehead atoms. The molecule has 0 N–H and O–H groups in total. The molecule has 0 spiro atoms. The maximum Gasteiger partial charge on any atom is 0.128 e. The predicted octanol–water partition coefficient (Wildman–Crippen LogP) is 5.60. The monoisotopic (exact) mass is 411 g/mol. The molecule has 0 fully saturated rings. The molecule has 0 atom stereocenters. The molecule has 3 heterocycles. The highest BCUT2D eigenvalue weighted by atomic mass is 32.2. The molecule has 4 nitrogen and oxygen atoms in total. The second-order valence-corrected chi connectivity index (χ2v) is 9.28. The number of aryl methyl sites for hydroxylation is 2. The third-order valence-electron chi connectivity index (χ3n) is 4.71. The van der Waals surface area contributed by atoms with Gasteiger partial charge in [0.2, 0.25) is 0 Å². The number of benzene rings is 1. The number of hydrogen-bond acceptors (Lipinski definition) is 7. The number of aromatic nitrogens is 3. The topological polar surface area (TPSA) is 47.9 Å². The Balaban J connectivity index is 1.36. The van der Waals surface area contributed by atoms with Gasteiger partial charge in [0.1, 0.15) is 26.9 Å². The van der Waals surface area contributed by atoms with E-state index in [0.717, 1.165) is 44.0 Å². The van der Waals surface area contributed by atoms with Gasteiger partial charge in [-0.25, -0.2) is 15.0 Å². The number of methoxy groups -OCH3 is 1. The van der Waals surface area contributed by atoms with Gasteiger partial charge in [0.05, 0.1) is 12.8 Å². The number of thiophene rings is 1. The third-order valence-corrected chi connectivity index (χ3v) is 7.88. The summed E-state index contributed by atoms with van der Waals surface area (Å²) in [7, 11) is 1.68. The fourth-order valence-electron chi connectivity index (χ4n) is 3.39. The van der Waals surface area contributed by atoms with Gasteiger partial charge in [-0.05, 0) is 49.1 Å². The van der Waals surface area contributed by atoms with Crippen LogP contribution in [-0.4, -0.2) is 22.1 Å². The van der Waals surface area contributed by atoms with Crippen LogP contribution in [0.4, 0.5) is 0 Å². The van der Waals surface area contributed by atoms with Crippen molar-refractivity contribution in [2.45, 2.75) is 30.0 Å². The van der Waals surface area contributed by atoms with E-state index in [1.165, 1.54) is 28.7 Å². The molecule has 0 unspecified atom stereocenters. The lowest BCUT2D eigenvalue weighted by Crippen LogP contribution is -1.89. The van der Waals surface area contributed by atoms with Crippen LogP contribution in [0.15, 0.2) is 41.0 Å². The summed E-state index contributed by atoms with van der Waals surface area (Å²) < 4.78 is 5.23. The summed E-state index contributed by atoms with van der Waals surface area (Å²) >= 11 is 5.29. The van der Waals surface area contributed by atoms with Gasteiger partial charge in [-0.2, -0.15) is 0 Å². The van der Waals surface area contributed by atoms with Crippen LogP contribution in [0.3, 0.4) is 0 Å². The Morgan fingerprint density at radius 1 is 1.15 bits per heavy atom. The zero-order valence-corrected chi connectivity index (χ0v) is 17.2. The van der Waals surface area contributed by atoms with Crippen molar-refractivity contribution in [3.8, 4) is 16.3 Å². The van der Waals surface area contributed by atoms with E-state index in [9.17, 15) is 0 Å². The van der Waals surface area contributed by atoms with E-state index in [4.69, 9.17) is 9.72 Å². The molecular weight excluding hydrogens is 394 g/mol. The Kier molecular flexibility index (Phi) is 4.59. The van der Waals surface area contributed by atoms with E-state index in [0.29, 0.717) is 0 Å². The van der Waals surface area contributed by atoms with Crippen molar-refractivity contribution >= 4 is 44.7 Å². The van der Waals surface area contributed by atoms with E-state index in [1.807, 2.05) is 23.5 Å². The van der Waals surface area contributed by atoms with Crippen LogP contribution >= 0.6 is 34.4 Å². The third kappa shape index (κ3) is 3.24. The standard InChI is InChI=1S/C20H17N3OS3/c1-24-14-7-5-12(6-8-14)18-23-13(9-25-18)10-26-19-17-15-3-2-4-16(15)27-20(17)22-11-21-19/h5-9,11H,2-4,10H2,1H3. The summed E-state index contributed by atoms with van der Waals surface area (Å²) in [6, 6.07) is 8.05. The predicted molar refractivity (Wildman–Crippen MR) is 113 cm³/mol. The number of ether oxygens (including phenoxy) is 1. The normalized spacial score (nSPS) is 13.2. The van der Waals surface area contributed by atoms with E-state index >= 15 is 0 Å². The molecule has 27 heavy (non-hydrogen) atoms. The Morgan fingerprint density at radius 2 is 2.04 bits per heavy atom. The molecule has 3 aromatic heterocycles. The summed E-state index contributed by atoms with van der Waals surface area (Å²) in [6.07, 6.45) is 5.31. The first-order valence-electron chi connectivity index (χ1n) is 8.78. The van der Waals surface area contributed by atoms with Gasteiger partial charge in [-0.3, -0.25) is 0 Å². The molecule has 1 aliphatic rings. The summed E-state index contributed by atoms with van der Waals surface area (Å²) in [5.41, 5.74) is 3.70. The molecule has 1 aromatic carbocycles. The minimum atomic E-state index is 0.823. The molecule has 0 saturated heterocycles. The van der Waals surface area contributed by atoms with Gasteiger partial charge in [0.15, 0.2) is 0 Å². The summed E-state index contributed by atoms with van der Waals surface area (Å²) in [5.74, 6) is 1.69. The fraction of sp³-hybridized carbons (Fsp3) is 0.250. The van der Waals surface area contributed by atoms with Crippen molar-refractivity contribution in [3.05, 3.63) is 52.1 Å². The van der Waals surface area contributed by atoms with Gasteiger partial charge in [-0.1, -0.05) is 11.8 Å². The van der Waals surface area contributed by atoms with Gasteiger partial charge in [-0.15, -0.1) is 22.7 Å². The molecule has 0 aliphatic heterocycles. The van der Waals surface area contributed by atoms with Crippen molar-refractivity contribution in [1.82, 2.24) is 15.0 Å². The largest absolute Gasteiger partial charge is 0.497 e. The maximum atomic E-state index is 5.23. The lowest BCUT2D eigenvalue weighted by atomic mass is 10.2. The molecule has 0 radical (unpaired) electrons. The number of thioether (sulfide) groups is 1. The SMILES string of the molecule is COc1ccc(-c2nc(CSc3ncnc4sc5c(c34)CCC5)cs2)cc1. The number of hydrogen-bond donors (Lipinski definition) is 0. The second-order valence-electron chi connectivity index (χ2n) is 6.38. The first kappa shape index (κ1) is 17.2. The average Bonchev–Trinajstić information content (AvgIpc) is 3.42. The highest BCUT2D eigenvalue weighted by Crippen LogP contribution is 2.40. The lowest BCUT2D eigenvalue weighted by Gasteiger charge is -2.02. The molecule has 1 aliphatic carbocycles. The maximum absolute atomic E-state index is 5.23. The molecule has 7 heteroatoms. The first-order valence-corrected chi connectivity index (χ1v) is 11.5. The summed E-state index contributed by atoms with van der Waals surface area (Å²) in [6.45, 7) is 0. The van der Waals surface area contributed by atoms with E-state index in [1.54, 1.807) is 36.5 Å². The molecule has 0 saturated carbocycles. The Bertz CT molecular complexity index is 1100. The summed E-state index contributed by atoms with van der Waals surface area (Å²) in [4.78, 5) is 16.5. The smallest absolute Gasteiger partial charge is 0.128 e. The van der Waals surface area contributed by atoms with Crippen LogP contribution in [0.2, 0.25) is 0 Å². The van der Waals surface area contributed by atoms with Crippen LogP contribution in [0.5, 0.6) is 5.75 Å². The van der Waals surface area contributed by atoms with Gasteiger partial charge in [0.25, 0.3) is 0 Å². The Hall–Kier alpha value is -1.96. The van der Waals surface area contributed by atoms with Crippen molar-refractivity contribution in [3.63, 3.8) is 0 Å². The van der Waals surface area contributed by atoms with E-state index in [2.05, 4.69) is 27.5 Å². The Morgan fingerprint density at radius 3 is 2.89 bits per heavy atom. The molecule has 5 rings (SSSR count). The van der Waals surface area contributed by atoms with Crippen molar-refractivity contribution in [2.75, 3.05) is 7.11 Å². The van der Waals surface area contributed by atoms with Crippen molar-refractivity contribution < 1.29 is 4.74 Å². The van der Waals surface area contributed by atoms with Crippen LogP contribution in [-0.2, 0) is 18.6 Å². The quantitative estimate of drug-likeness (QED) is 0.316. The number of thiazole rings is 1. The minimum Gasteiger partial charge on any atom is -0.497 e. The van der Waals surface area contributed by atoms with Crippen LogP contribution < -0.4 is 4.74 Å². The van der Waals surface area contributed by atoms with E-state index in [-0.39, 0.29) is 0 Å². The minimum absolute atomic E-state index is 0.823. The number of nitrogens with zero attached hydrogens (tertiary/aromatic N) is 3. The van der Waals surface area contributed by atoms with Crippen LogP contribution in [0.25, 0.3) is 20.8 Å². The second kappa shape index (κ2) is 7.22. The van der Waals surface area contributed by atoms with Gasteiger partial charge < -0.3 is 4.74 Å². The number of fused-ring (bicyclic) bond motifs is 3. The van der Waals surface area contributed by atoms with Gasteiger partial charge in [0, 0.05) is 27.0 Å². The average molecular weight is 412 g/mol. The highest BCUT2D eigenvalue weighted by Gasteiger charge is 2.21. The van der Waals surface area contributed by atoms with Crippen LogP contribution in [0.1, 0.15) is 22.6 Å². The lowest BCUT2D eigenvalue weighted by molar-refractivity contribution is 0.415. The summed E-state index contributed by atoms with van der Waals surface area (Å²) in [5, 5.41) is 5.56. The Labute approximate surface area is 169 Å². The molecular formula is C20H17N3OS3. The molecule has 136 valence electrons. The zero-order valence-electron chi connectivity index (χ0n) is 14.8. The van der Waals surface area contributed by atoms with E-state index < -0.39 is 0 Å². The van der Waals surface area contributed by atoms with Crippen molar-refractivity contribution in [1.29, 1.82) is 0 Å². The van der Waals surface area contributed by atoms with Gasteiger partial charge >= 0.3 is 0 Å². The fourth-order valence-corrected chi connectivity index (χ4v) is 6.53. The van der Waals surface area contributed by atoms with Crippen molar-refractivity contribution in [2.24, 2.45) is 0 Å². The molecule has 4 aromatic rings. The molecule has 0 amide bonds. The highest BCUT2D eigenvalue weighted by molar-refractivity contribution is 7.98. The zero-order chi connectivity index (χ0) is 18.2. The first-order chi connectivity index (χ1) is 13.3.